The van der Waals surface area contributed by atoms with Crippen molar-refractivity contribution in [3.05, 3.63) is 59.7 Å². The number of rotatable bonds is 2. The summed E-state index contributed by atoms with van der Waals surface area (Å²) >= 11 is 0. The van der Waals surface area contributed by atoms with E-state index in [1.807, 2.05) is 0 Å². The van der Waals surface area contributed by atoms with E-state index < -0.39 is 35.2 Å². The lowest BCUT2D eigenvalue weighted by Crippen LogP contribution is -2.42. The Morgan fingerprint density at radius 1 is 1.12 bits per heavy atom. The number of para-hydroxylation sites is 1. The number of benzene rings is 1. The summed E-state index contributed by atoms with van der Waals surface area (Å²) in [5, 5.41) is 9.03. The summed E-state index contributed by atoms with van der Waals surface area (Å²) in [7, 11) is 0. The van der Waals surface area contributed by atoms with Gasteiger partial charge in [-0.05, 0) is 25.8 Å². The molecule has 1 unspecified atom stereocenters. The number of fused-ring (bicyclic) bond motifs is 1. The topological polar surface area (TPSA) is 63.6 Å². The van der Waals surface area contributed by atoms with Gasteiger partial charge in [0, 0.05) is 11.1 Å². The Hall–Kier alpha value is -2.83. The van der Waals surface area contributed by atoms with Crippen LogP contribution in [0.2, 0.25) is 0 Å². The number of hydrogen-bond acceptors (Lipinski definition) is 3. The molecule has 1 aliphatic heterocycles. The van der Waals surface area contributed by atoms with Crippen molar-refractivity contribution in [2.45, 2.75) is 32.0 Å². The molecule has 7 heteroatoms. The van der Waals surface area contributed by atoms with Crippen LogP contribution in [0.25, 0.3) is 5.57 Å². The van der Waals surface area contributed by atoms with Crippen molar-refractivity contribution in [2.24, 2.45) is 0 Å². The van der Waals surface area contributed by atoms with Gasteiger partial charge >= 0.3 is 12.1 Å². The fourth-order valence-electron chi connectivity index (χ4n) is 2.61. The highest BCUT2D eigenvalue weighted by molar-refractivity contribution is 6.26. The second kappa shape index (κ2) is 8.03. The quantitative estimate of drug-likeness (QED) is 0.846. The molecule has 1 aromatic carbocycles. The van der Waals surface area contributed by atoms with Crippen LogP contribution in [0.15, 0.2) is 54.1 Å². The number of halogens is 3. The largest absolute Gasteiger partial charge is 0.478 e. The Balaban J connectivity index is 0.000000342. The van der Waals surface area contributed by atoms with E-state index in [-0.39, 0.29) is 11.3 Å². The van der Waals surface area contributed by atoms with Gasteiger partial charge in [-0.15, -0.1) is 0 Å². The van der Waals surface area contributed by atoms with E-state index >= 15 is 0 Å². The van der Waals surface area contributed by atoms with Crippen LogP contribution in [0.1, 0.15) is 25.3 Å². The van der Waals surface area contributed by atoms with Crippen molar-refractivity contribution in [3.63, 3.8) is 0 Å². The average molecular weight is 366 g/mol. The van der Waals surface area contributed by atoms with Crippen molar-refractivity contribution in [1.29, 1.82) is 0 Å². The molecule has 1 aliphatic carbocycles. The van der Waals surface area contributed by atoms with Crippen molar-refractivity contribution in [1.82, 2.24) is 0 Å². The van der Waals surface area contributed by atoms with E-state index in [1.54, 1.807) is 0 Å². The van der Waals surface area contributed by atoms with E-state index in [9.17, 15) is 22.8 Å². The number of carbonyl (C=O) groups is 2. The maximum Gasteiger partial charge on any atom is 0.430 e. The van der Waals surface area contributed by atoms with E-state index in [0.717, 1.165) is 6.92 Å². The normalized spacial score (nSPS) is 18.4. The molecule has 3 rings (SSSR count). The van der Waals surface area contributed by atoms with E-state index in [4.69, 9.17) is 9.84 Å². The maximum absolute atomic E-state index is 12.9. The zero-order chi connectivity index (χ0) is 19.3. The summed E-state index contributed by atoms with van der Waals surface area (Å²) in [4.78, 5) is 22.8. The van der Waals surface area contributed by atoms with E-state index in [2.05, 4.69) is 24.3 Å². The van der Waals surface area contributed by atoms with Gasteiger partial charge in [0.05, 0.1) is 5.57 Å². The number of hydrogen-bond donors (Lipinski definition) is 1. The number of allylic oxidation sites excluding steroid dienone is 5. The lowest BCUT2D eigenvalue weighted by Gasteiger charge is -2.29. The van der Waals surface area contributed by atoms with Crippen LogP contribution in [-0.2, 0) is 9.59 Å². The molecule has 0 aromatic heterocycles. The zero-order valence-corrected chi connectivity index (χ0v) is 13.9. The van der Waals surface area contributed by atoms with Crippen LogP contribution in [-0.4, -0.2) is 29.1 Å². The van der Waals surface area contributed by atoms with Gasteiger partial charge in [0.25, 0.3) is 0 Å². The standard InChI is InChI=1S/C13H9F3O4.C6H8/c1-6(17)9-7-4-2-3-5-8(7)20-11(13(14,15)16)10(9)12(18)19;1-2-4-6-5-3-1/h2-5,11H,1H3,(H,18,19);1-4H,5-6H2. The van der Waals surface area contributed by atoms with Gasteiger partial charge in [-0.25, -0.2) is 4.79 Å². The highest BCUT2D eigenvalue weighted by Crippen LogP contribution is 2.41. The fourth-order valence-corrected chi connectivity index (χ4v) is 2.61. The smallest absolute Gasteiger partial charge is 0.430 e. The van der Waals surface area contributed by atoms with Gasteiger partial charge in [-0.3, -0.25) is 4.79 Å². The predicted molar refractivity (Wildman–Crippen MR) is 89.7 cm³/mol. The molecule has 0 saturated heterocycles. The molecular formula is C19H17F3O4. The highest BCUT2D eigenvalue weighted by atomic mass is 19.4. The molecule has 1 N–H and O–H groups in total. The molecule has 1 atom stereocenters. The van der Waals surface area contributed by atoms with Crippen molar-refractivity contribution in [3.8, 4) is 5.75 Å². The first-order valence-electron chi connectivity index (χ1n) is 7.86. The third-order valence-corrected chi connectivity index (χ3v) is 3.70. The van der Waals surface area contributed by atoms with Gasteiger partial charge in [0.15, 0.2) is 5.78 Å². The van der Waals surface area contributed by atoms with E-state index in [0.29, 0.717) is 0 Å². The summed E-state index contributed by atoms with van der Waals surface area (Å²) < 4.78 is 43.6. The summed E-state index contributed by atoms with van der Waals surface area (Å²) in [5.74, 6) is -2.75. The molecule has 0 fully saturated rings. The molecule has 138 valence electrons. The summed E-state index contributed by atoms with van der Waals surface area (Å²) in [6.45, 7) is 1.02. The molecule has 0 amide bonds. The predicted octanol–water partition coefficient (Wildman–Crippen LogP) is 4.33. The minimum atomic E-state index is -4.93. The van der Waals surface area contributed by atoms with Crippen molar-refractivity contribution in [2.75, 3.05) is 0 Å². The Bertz CT molecular complexity index is 776. The second-order valence-electron chi connectivity index (χ2n) is 5.62. The van der Waals surface area contributed by atoms with Crippen LogP contribution >= 0.6 is 0 Å². The molecule has 0 bridgehead atoms. The number of carboxylic acid groups (broad SMARTS) is 1. The van der Waals surface area contributed by atoms with Gasteiger partial charge in [-0.1, -0.05) is 42.5 Å². The summed E-state index contributed by atoms with van der Waals surface area (Å²) in [6, 6.07) is 5.53. The number of Topliss-reactive ketones (excluding diaryl/α,β-unsaturated/α-hetero) is 1. The second-order valence-corrected chi connectivity index (χ2v) is 5.62. The minimum Gasteiger partial charge on any atom is -0.478 e. The number of alkyl halides is 3. The minimum absolute atomic E-state index is 0.0536. The average Bonchev–Trinajstić information content (AvgIpc) is 2.61. The Kier molecular flexibility index (Phi) is 6.02. The van der Waals surface area contributed by atoms with Gasteiger partial charge in [0.2, 0.25) is 6.10 Å². The first kappa shape index (κ1) is 19.5. The Labute approximate surface area is 148 Å². The molecule has 1 heterocycles. The van der Waals surface area contributed by atoms with Gasteiger partial charge in [-0.2, -0.15) is 13.2 Å². The third-order valence-electron chi connectivity index (χ3n) is 3.70. The van der Waals surface area contributed by atoms with Gasteiger partial charge in [0.1, 0.15) is 5.75 Å². The number of aliphatic carboxylic acids is 1. The first-order chi connectivity index (χ1) is 12.2. The van der Waals surface area contributed by atoms with Crippen LogP contribution in [0.3, 0.4) is 0 Å². The van der Waals surface area contributed by atoms with Crippen LogP contribution in [0, 0.1) is 0 Å². The molecule has 0 radical (unpaired) electrons. The molecule has 0 saturated carbocycles. The van der Waals surface area contributed by atoms with Crippen LogP contribution in [0.4, 0.5) is 13.2 Å². The lowest BCUT2D eigenvalue weighted by atomic mass is 9.90. The molecular weight excluding hydrogens is 349 g/mol. The van der Waals surface area contributed by atoms with Crippen LogP contribution in [0.5, 0.6) is 5.75 Å². The highest BCUT2D eigenvalue weighted by Gasteiger charge is 2.50. The number of ketones is 1. The summed E-state index contributed by atoms with van der Waals surface area (Å²) in [6.07, 6.45) is 3.41. The zero-order valence-electron chi connectivity index (χ0n) is 13.9. The fraction of sp³-hybridized carbons (Fsp3) is 0.263. The Morgan fingerprint density at radius 3 is 2.12 bits per heavy atom. The SMILES string of the molecule is C1=CCCC=C1.CC(=O)C1=C(C(=O)O)C(C(F)(F)F)Oc2ccccc21. The van der Waals surface area contributed by atoms with Crippen molar-refractivity contribution < 1.29 is 32.6 Å². The van der Waals surface area contributed by atoms with E-state index in [1.165, 1.54) is 37.1 Å². The number of carboxylic acids is 1. The monoisotopic (exact) mass is 366 g/mol. The molecule has 2 aliphatic rings. The van der Waals surface area contributed by atoms with Crippen molar-refractivity contribution >= 4 is 17.3 Å². The summed E-state index contributed by atoms with van der Waals surface area (Å²) in [5.41, 5.74) is -1.50. The molecule has 26 heavy (non-hydrogen) atoms. The van der Waals surface area contributed by atoms with Gasteiger partial charge < -0.3 is 9.84 Å². The first-order valence-corrected chi connectivity index (χ1v) is 7.86. The van der Waals surface area contributed by atoms with Crippen LogP contribution < -0.4 is 4.74 Å². The number of ether oxygens (including phenoxy) is 1. The maximum atomic E-state index is 12.9. The third kappa shape index (κ3) is 4.41. The Morgan fingerprint density at radius 2 is 1.69 bits per heavy atom. The molecule has 4 nitrogen and oxygen atoms in total. The number of carbonyl (C=O) groups excluding carboxylic acids is 1. The molecule has 0 spiro atoms. The molecule has 1 aromatic rings. The lowest BCUT2D eigenvalue weighted by molar-refractivity contribution is -0.187.